The third-order valence-corrected chi connectivity index (χ3v) is 10.4. The quantitative estimate of drug-likeness (QED) is 0.413. The number of piperidine rings is 1. The number of sulfonamides is 1. The van der Waals surface area contributed by atoms with Crippen molar-refractivity contribution in [2.24, 2.45) is 11.7 Å². The van der Waals surface area contributed by atoms with Gasteiger partial charge in [0.05, 0.1) is 16.6 Å². The van der Waals surface area contributed by atoms with E-state index in [0.717, 1.165) is 23.3 Å². The largest absolute Gasteiger partial charge is 0.351 e. The Morgan fingerprint density at radius 1 is 1.07 bits per heavy atom. The average molecular weight is 599 g/mol. The normalized spacial score (nSPS) is 18.0. The van der Waals surface area contributed by atoms with Crippen molar-refractivity contribution in [2.45, 2.75) is 49.6 Å². The third-order valence-electron chi connectivity index (χ3n) is 8.22. The van der Waals surface area contributed by atoms with Crippen molar-refractivity contribution in [3.8, 4) is 0 Å². The Balaban J connectivity index is 1.59. The van der Waals surface area contributed by atoms with E-state index in [1.807, 2.05) is 32.0 Å². The van der Waals surface area contributed by atoms with Gasteiger partial charge in [-0.2, -0.15) is 0 Å². The summed E-state index contributed by atoms with van der Waals surface area (Å²) >= 11 is 6.25. The molecule has 3 N–H and O–H groups in total. The molecule has 0 saturated carbocycles. The maximum Gasteiger partial charge on any atom is 0.314 e. The Labute approximate surface area is 244 Å². The number of nitrogens with zero attached hydrogens (tertiary/aromatic N) is 2. The number of anilines is 1. The van der Waals surface area contributed by atoms with Crippen molar-refractivity contribution in [3.63, 3.8) is 0 Å². The van der Waals surface area contributed by atoms with Crippen LogP contribution in [0.25, 0.3) is 0 Å². The molecule has 1 saturated heterocycles. The van der Waals surface area contributed by atoms with Crippen molar-refractivity contribution in [2.75, 3.05) is 17.4 Å². The summed E-state index contributed by atoms with van der Waals surface area (Å²) in [6, 6.07) is 16.0. The number of benzene rings is 3. The molecule has 3 aromatic carbocycles. The summed E-state index contributed by atoms with van der Waals surface area (Å²) < 4.78 is 43.5. The van der Waals surface area contributed by atoms with E-state index in [1.54, 1.807) is 29.2 Å². The zero-order chi connectivity index (χ0) is 29.5. The molecule has 41 heavy (non-hydrogen) atoms. The molecular weight excluding hydrogens is 567 g/mol. The van der Waals surface area contributed by atoms with Crippen LogP contribution in [0.4, 0.5) is 14.9 Å². The number of primary amides is 1. The zero-order valence-corrected chi connectivity index (χ0v) is 24.4. The molecule has 0 bridgehead atoms. The van der Waals surface area contributed by atoms with Crippen molar-refractivity contribution in [3.05, 3.63) is 94.3 Å². The monoisotopic (exact) mass is 598 g/mol. The molecule has 5 rings (SSSR count). The van der Waals surface area contributed by atoms with Crippen molar-refractivity contribution in [1.82, 2.24) is 10.2 Å². The number of carbonyl (C=O) groups excluding carboxylic acids is 2. The number of nitrogens with one attached hydrogen (secondary N) is 1. The number of carbonyl (C=O) groups is 2. The van der Waals surface area contributed by atoms with Crippen molar-refractivity contribution < 1.29 is 22.4 Å². The summed E-state index contributed by atoms with van der Waals surface area (Å²) in [5.74, 6) is -0.984. The maximum atomic E-state index is 14.2. The summed E-state index contributed by atoms with van der Waals surface area (Å²) in [6.45, 7) is 4.86. The lowest BCUT2D eigenvalue weighted by atomic mass is 9.66. The van der Waals surface area contributed by atoms with E-state index in [-0.39, 0.29) is 23.3 Å². The molecule has 3 amide bonds. The van der Waals surface area contributed by atoms with E-state index in [0.29, 0.717) is 42.2 Å². The van der Waals surface area contributed by atoms with Gasteiger partial charge in [0.15, 0.2) is 0 Å². The number of likely N-dealkylation sites (tertiary alicyclic amines) is 1. The van der Waals surface area contributed by atoms with Crippen LogP contribution in [0.1, 0.15) is 48.2 Å². The molecule has 0 aromatic heterocycles. The molecule has 0 radical (unpaired) electrons. The Morgan fingerprint density at radius 2 is 1.73 bits per heavy atom. The summed E-state index contributed by atoms with van der Waals surface area (Å²) in [4.78, 5) is 26.8. The maximum absolute atomic E-state index is 14.2. The van der Waals surface area contributed by atoms with Crippen LogP contribution in [-0.4, -0.2) is 44.4 Å². The second-order valence-corrected chi connectivity index (χ2v) is 13.2. The molecule has 1 fully saturated rings. The second-order valence-electron chi connectivity index (χ2n) is 10.9. The van der Waals surface area contributed by atoms with Crippen LogP contribution >= 0.6 is 11.6 Å². The Morgan fingerprint density at radius 3 is 2.34 bits per heavy atom. The number of rotatable bonds is 6. The van der Waals surface area contributed by atoms with Crippen LogP contribution in [0.5, 0.6) is 0 Å². The Hall–Kier alpha value is -3.63. The van der Waals surface area contributed by atoms with Gasteiger partial charge >= 0.3 is 6.03 Å². The highest BCUT2D eigenvalue weighted by atomic mass is 35.5. The molecule has 2 heterocycles. The lowest BCUT2D eigenvalue weighted by Gasteiger charge is -2.46. The van der Waals surface area contributed by atoms with Gasteiger partial charge in [0.1, 0.15) is 5.82 Å². The first-order valence-electron chi connectivity index (χ1n) is 13.5. The predicted octanol–water partition coefficient (Wildman–Crippen LogP) is 5.05. The van der Waals surface area contributed by atoms with Gasteiger partial charge in [-0.25, -0.2) is 17.6 Å². The molecule has 0 aliphatic carbocycles. The second kappa shape index (κ2) is 11.0. The van der Waals surface area contributed by atoms with Crippen molar-refractivity contribution in [1.29, 1.82) is 0 Å². The lowest BCUT2D eigenvalue weighted by Crippen LogP contribution is -2.56. The molecule has 1 spiro atoms. The number of hydrogen-bond acceptors (Lipinski definition) is 4. The van der Waals surface area contributed by atoms with E-state index in [4.69, 9.17) is 17.3 Å². The van der Waals surface area contributed by atoms with Gasteiger partial charge in [0.2, 0.25) is 0 Å². The Kier molecular flexibility index (Phi) is 7.74. The fourth-order valence-corrected chi connectivity index (χ4v) is 8.39. The van der Waals surface area contributed by atoms with Gasteiger partial charge in [-0.05, 0) is 78.4 Å². The molecule has 11 heteroatoms. The van der Waals surface area contributed by atoms with Gasteiger partial charge < -0.3 is 16.0 Å². The van der Waals surface area contributed by atoms with Crippen LogP contribution in [-0.2, 0) is 22.0 Å². The number of halogens is 2. The molecule has 1 atom stereocenters. The fraction of sp³-hybridized carbons (Fsp3) is 0.333. The number of amides is 3. The lowest BCUT2D eigenvalue weighted by molar-refractivity contribution is 0.0950. The summed E-state index contributed by atoms with van der Waals surface area (Å²) in [5.41, 5.74) is 7.26. The zero-order valence-electron chi connectivity index (χ0n) is 22.8. The van der Waals surface area contributed by atoms with Crippen LogP contribution in [0.15, 0.2) is 71.6 Å². The van der Waals surface area contributed by atoms with E-state index in [9.17, 15) is 22.4 Å². The van der Waals surface area contributed by atoms with Crippen LogP contribution in [0.3, 0.4) is 0 Å². The summed E-state index contributed by atoms with van der Waals surface area (Å²) in [6.07, 6.45) is 0.928. The van der Waals surface area contributed by atoms with E-state index in [1.165, 1.54) is 16.4 Å². The molecule has 216 valence electrons. The minimum Gasteiger partial charge on any atom is -0.351 e. The van der Waals surface area contributed by atoms with E-state index >= 15 is 0 Å². The fourth-order valence-electron chi connectivity index (χ4n) is 6.32. The number of urea groups is 1. The Bertz CT molecular complexity index is 1590. The first-order valence-corrected chi connectivity index (χ1v) is 15.3. The topological polar surface area (TPSA) is 113 Å². The molecule has 2 aliphatic heterocycles. The van der Waals surface area contributed by atoms with E-state index in [2.05, 4.69) is 5.32 Å². The van der Waals surface area contributed by atoms with Crippen LogP contribution < -0.4 is 15.4 Å². The highest BCUT2D eigenvalue weighted by Crippen LogP contribution is 2.55. The number of nitrogens with two attached hydrogens (primary N) is 1. The summed E-state index contributed by atoms with van der Waals surface area (Å²) in [5, 5.41) is 3.45. The van der Waals surface area contributed by atoms with Gasteiger partial charge in [-0.15, -0.1) is 0 Å². The van der Waals surface area contributed by atoms with E-state index < -0.39 is 33.3 Å². The molecule has 3 aromatic rings. The average Bonchev–Trinajstić information content (AvgIpc) is 3.23. The van der Waals surface area contributed by atoms with Gasteiger partial charge in [0, 0.05) is 35.6 Å². The minimum atomic E-state index is -4.11. The minimum absolute atomic E-state index is 0.0244. The van der Waals surface area contributed by atoms with Gasteiger partial charge in [-0.3, -0.25) is 9.10 Å². The highest BCUT2D eigenvalue weighted by Gasteiger charge is 2.56. The predicted molar refractivity (Wildman–Crippen MR) is 156 cm³/mol. The van der Waals surface area contributed by atoms with Crippen molar-refractivity contribution >= 4 is 39.2 Å². The highest BCUT2D eigenvalue weighted by molar-refractivity contribution is 7.92. The van der Waals surface area contributed by atoms with Gasteiger partial charge in [0.25, 0.3) is 15.9 Å². The molecule has 2 aliphatic rings. The smallest absolute Gasteiger partial charge is 0.314 e. The first kappa shape index (κ1) is 28.9. The molecular formula is C30H32ClFN4O4S. The number of fused-ring (bicyclic) bond motifs is 2. The third kappa shape index (κ3) is 5.15. The number of hydrogen-bond donors (Lipinski definition) is 2. The standard InChI is InChI=1S/C30H32ClFN4O4S/c1-19(2)27-30(13-15-35(16-14-30)29(33)38)24-17-20(28(37)34-18-21-5-3-4-6-25(21)31)7-12-26(24)36(27)41(39,40)23-10-8-22(32)9-11-23/h3-12,17,19,27H,13-16,18H2,1-2H3,(H2,33,38)(H,34,37). The van der Waals surface area contributed by atoms with Gasteiger partial charge in [-0.1, -0.05) is 43.6 Å². The van der Waals surface area contributed by atoms with Crippen LogP contribution in [0, 0.1) is 11.7 Å². The first-order chi connectivity index (χ1) is 19.5. The SMILES string of the molecule is CC(C)C1N(S(=O)(=O)c2ccc(F)cc2)c2ccc(C(=O)NCc3ccccc3Cl)cc2C12CCN(C(N)=O)CC2. The van der Waals surface area contributed by atoms with Crippen LogP contribution in [0.2, 0.25) is 5.02 Å². The summed E-state index contributed by atoms with van der Waals surface area (Å²) in [7, 11) is -4.11. The molecule has 1 unspecified atom stereocenters. The molecule has 8 nitrogen and oxygen atoms in total.